The highest BCUT2D eigenvalue weighted by atomic mass is 19.1. The van der Waals surface area contributed by atoms with Gasteiger partial charge in [0, 0.05) is 146 Å². The largest absolute Gasteiger partial charge is 0.487 e. The first-order chi connectivity index (χ1) is 64.5. The highest BCUT2D eigenvalue weighted by Crippen LogP contribution is 2.51. The quantitative estimate of drug-likeness (QED) is 0.144. The molecule has 2 N–H and O–H groups in total. The zero-order valence-electron chi connectivity index (χ0n) is 82.4. The molecule has 8 fully saturated rings. The Bertz CT molecular complexity index is 4630. The zero-order valence-corrected chi connectivity index (χ0v) is 82.4. The second-order valence-electron chi connectivity index (χ2n) is 42.1. The predicted molar refractivity (Wildman–Crippen MR) is 526 cm³/mol. The summed E-state index contributed by atoms with van der Waals surface area (Å²) in [6.07, 6.45) is 23.1. The van der Waals surface area contributed by atoms with Crippen LogP contribution in [0.15, 0.2) is 98.1 Å². The molecule has 8 aromatic rings. The van der Waals surface area contributed by atoms with Gasteiger partial charge >= 0.3 is 0 Å². The van der Waals surface area contributed by atoms with E-state index >= 15 is 0 Å². The van der Waals surface area contributed by atoms with Gasteiger partial charge in [-0.05, 0) is 159 Å². The van der Waals surface area contributed by atoms with E-state index in [1.807, 2.05) is 61.4 Å². The van der Waals surface area contributed by atoms with Crippen LogP contribution >= 0.6 is 0 Å². The molecule has 0 aromatic carbocycles. The van der Waals surface area contributed by atoms with Gasteiger partial charge in [0.05, 0.1) is 73.6 Å². The molecule has 8 aromatic heterocycles. The number of hydrogen-bond donors (Lipinski definition) is 2. The number of anilines is 8. The first kappa shape index (κ1) is 95.5. The van der Waals surface area contributed by atoms with Crippen LogP contribution in [0.25, 0.3) is 0 Å². The van der Waals surface area contributed by atoms with Crippen molar-refractivity contribution in [2.75, 3.05) is 144 Å². The minimum absolute atomic E-state index is 0.160. The third kappa shape index (κ3) is 20.0. The molecular weight excluding hydrogens is 1700 g/mol. The number of nitrogens with zero attached hydrogens (tertiary/aromatic N) is 16. The summed E-state index contributed by atoms with van der Waals surface area (Å²) >= 11 is 0. The third-order valence-corrected chi connectivity index (χ3v) is 29.4. The first-order valence-corrected chi connectivity index (χ1v) is 50.2. The molecule has 0 saturated carbocycles. The lowest BCUT2D eigenvalue weighted by Crippen LogP contribution is -2.39. The van der Waals surface area contributed by atoms with Gasteiger partial charge < -0.3 is 87.3 Å². The summed E-state index contributed by atoms with van der Waals surface area (Å²) in [5.74, 6) is 20.5. The Balaban J connectivity index is 0.000000107. The molecular formula is C106H146F2N16O10. The number of rotatable bonds is 8. The fourth-order valence-electron chi connectivity index (χ4n) is 22.4. The molecule has 26 nitrogen and oxygen atoms in total. The van der Waals surface area contributed by atoms with Crippen LogP contribution in [0, 0.1) is 11.8 Å². The molecule has 0 amide bonds. The summed E-state index contributed by atoms with van der Waals surface area (Å²) in [5, 5.41) is 19.5. The third-order valence-electron chi connectivity index (χ3n) is 29.4. The molecule has 134 heavy (non-hydrogen) atoms. The molecule has 0 aliphatic carbocycles. The van der Waals surface area contributed by atoms with Crippen LogP contribution < -0.4 is 77.1 Å². The number of alkyl halides is 2. The molecule has 28 heteroatoms. The maximum Gasteiger partial charge on any atom is 0.172 e. The van der Waals surface area contributed by atoms with Crippen LogP contribution in [0.2, 0.25) is 0 Å². The smallest absolute Gasteiger partial charge is 0.172 e. The minimum atomic E-state index is -0.751. The van der Waals surface area contributed by atoms with Crippen LogP contribution in [0.5, 0.6) is 46.0 Å². The van der Waals surface area contributed by atoms with Gasteiger partial charge in [0.2, 0.25) is 0 Å². The maximum atomic E-state index is 13.5. The zero-order chi connectivity index (χ0) is 94.2. The normalized spacial score (nSPS) is 25.8. The van der Waals surface area contributed by atoms with Gasteiger partial charge in [-0.25, -0.2) is 48.7 Å². The van der Waals surface area contributed by atoms with E-state index in [1.165, 1.54) is 71.9 Å². The monoisotopic (exact) mass is 1840 g/mol. The van der Waals surface area contributed by atoms with Gasteiger partial charge in [0.1, 0.15) is 65.2 Å². The molecule has 0 bridgehead atoms. The lowest BCUT2D eigenvalue weighted by molar-refractivity contribution is 0.187. The summed E-state index contributed by atoms with van der Waals surface area (Å²) in [5.41, 5.74) is 9.88. The second kappa shape index (κ2) is 41.4. The van der Waals surface area contributed by atoms with Gasteiger partial charge in [0.25, 0.3) is 0 Å². The van der Waals surface area contributed by atoms with Gasteiger partial charge in [0.15, 0.2) is 92.5 Å². The minimum Gasteiger partial charge on any atom is -0.487 e. The van der Waals surface area contributed by atoms with Crippen molar-refractivity contribution in [3.05, 3.63) is 143 Å². The lowest BCUT2D eigenvalue weighted by Gasteiger charge is -2.33. The van der Waals surface area contributed by atoms with Crippen molar-refractivity contribution in [3.8, 4) is 46.0 Å². The highest BCUT2D eigenvalue weighted by molar-refractivity contribution is 5.67. The van der Waals surface area contributed by atoms with Crippen LogP contribution in [-0.2, 0) is 0 Å². The van der Waals surface area contributed by atoms with Crippen molar-refractivity contribution in [2.24, 2.45) is 11.8 Å². The number of pyridine rings is 8. The molecule has 724 valence electrons. The Morgan fingerprint density at radius 2 is 0.440 bits per heavy atom. The molecule has 0 spiro atoms. The maximum absolute atomic E-state index is 13.5. The molecule has 24 heterocycles. The topological polar surface area (TPSA) is 243 Å². The van der Waals surface area contributed by atoms with Crippen molar-refractivity contribution in [2.45, 2.75) is 309 Å². The van der Waals surface area contributed by atoms with E-state index in [4.69, 9.17) is 37.9 Å². The van der Waals surface area contributed by atoms with Crippen molar-refractivity contribution < 1.29 is 56.9 Å². The fraction of sp³-hybridized carbons (Fsp3) is 0.623. The first-order valence-electron chi connectivity index (χ1n) is 50.2. The number of fused-ring (bicyclic) bond motifs is 24. The number of ether oxygens (including phenoxy) is 8. The predicted octanol–water partition coefficient (Wildman–Crippen LogP) is 18.9. The van der Waals surface area contributed by atoms with Crippen molar-refractivity contribution in [3.63, 3.8) is 0 Å². The Hall–Kier alpha value is -10.2. The van der Waals surface area contributed by atoms with Crippen LogP contribution in [0.3, 0.4) is 0 Å². The average molecular weight is 1840 g/mol. The highest BCUT2D eigenvalue weighted by Gasteiger charge is 2.46. The standard InChI is InChI=1S/2C14H20N2O.2C13H17FN2O.2C13H18N2O2.2C13H18N2O/c2*1-9(2)12-4-5-15-14-13(12)17-8-11-6-10(3)7-16(11)14;2*1-8(2)11-3-4-15-13-12(11)17-7-10-5-9(14)6-16(10)13;2*1-8(2)11-3-4-14-13-12(11)17-7-9-5-10(16)6-15(9)13;2*1-9(2)11-5-6-14-13-12(11)16-8-10-4-3-7-15(10)13/h2*4-5,9-11H,6-8H2,1-3H3;2*3-4,8-10H,5-7H2,1-2H3;2*3-4,8-10,16H,5-7H2,1-2H3;2*5-6,9-10H,3-4,7-8H2,1-2H3/t2*10-,11?;2*9-,10?;2*9?,10-;;/m101010../s1. The number of halogens is 2. The van der Waals surface area contributed by atoms with Crippen LogP contribution in [-0.4, -0.2) is 228 Å². The molecule has 8 unspecified atom stereocenters. The van der Waals surface area contributed by atoms with E-state index in [9.17, 15) is 19.0 Å². The van der Waals surface area contributed by atoms with Gasteiger partial charge in [-0.15, -0.1) is 0 Å². The van der Waals surface area contributed by atoms with Crippen molar-refractivity contribution in [1.82, 2.24) is 39.9 Å². The number of aromatic nitrogens is 8. The SMILES string of the molecule is CC(C)c1ccnc2c1OCC1CCCN21.CC(C)c1ccnc2c1OCC1CCCN21.CC(C)c1ccnc2c1OCC1C[C@@H](C)CN21.CC(C)c1ccnc2c1OCC1C[C@@H](F)CN21.CC(C)c1ccnc2c1OCC1C[C@@H](O)CN21.CC(C)c1ccnc2c1OCC1C[C@H](C)CN21.CC(C)c1ccnc2c1OCC1C[C@H](F)CN21.CC(C)c1ccnc2c1OCC1C[C@H](O)CN21. The van der Waals surface area contributed by atoms with Gasteiger partial charge in [-0.2, -0.15) is 0 Å². The summed E-state index contributed by atoms with van der Waals surface area (Å²) < 4.78 is 74.0. The fourth-order valence-corrected chi connectivity index (χ4v) is 22.4. The van der Waals surface area contributed by atoms with E-state index in [0.29, 0.717) is 137 Å². The summed E-state index contributed by atoms with van der Waals surface area (Å²) in [6, 6.07) is 19.4. The van der Waals surface area contributed by atoms with E-state index in [2.05, 4.69) is 228 Å². The lowest BCUT2D eigenvalue weighted by atomic mass is 10.0. The van der Waals surface area contributed by atoms with E-state index < -0.39 is 12.3 Å². The molecule has 8 saturated heterocycles. The molecule has 0 radical (unpaired) electrons. The summed E-state index contributed by atoms with van der Waals surface area (Å²) in [7, 11) is 0. The van der Waals surface area contributed by atoms with Gasteiger partial charge in [-0.1, -0.05) is 125 Å². The van der Waals surface area contributed by atoms with E-state index in [0.717, 1.165) is 181 Å². The van der Waals surface area contributed by atoms with E-state index in [-0.39, 0.29) is 36.4 Å². The van der Waals surface area contributed by atoms with Crippen LogP contribution in [0.1, 0.15) is 281 Å². The van der Waals surface area contributed by atoms with E-state index in [1.54, 1.807) is 12.4 Å². The Kier molecular flexibility index (Phi) is 29.5. The number of hydrogen-bond acceptors (Lipinski definition) is 26. The van der Waals surface area contributed by atoms with Crippen molar-refractivity contribution >= 4 is 46.5 Å². The molecule has 24 rings (SSSR count). The number of aliphatic hydroxyl groups excluding tert-OH is 2. The summed E-state index contributed by atoms with van der Waals surface area (Å²) in [6.45, 7) is 52.0. The summed E-state index contributed by atoms with van der Waals surface area (Å²) in [4.78, 5) is 53.9. The van der Waals surface area contributed by atoms with Crippen molar-refractivity contribution in [1.29, 1.82) is 0 Å². The Morgan fingerprint density at radius 3 is 0.664 bits per heavy atom. The molecule has 14 atom stereocenters. The number of aliphatic hydroxyl groups is 2. The van der Waals surface area contributed by atoms with Crippen LogP contribution in [0.4, 0.5) is 55.3 Å². The Morgan fingerprint density at radius 1 is 0.254 bits per heavy atom. The average Bonchev–Trinajstić information content (AvgIpc) is 1.63. The molecule has 16 aliphatic heterocycles. The van der Waals surface area contributed by atoms with Gasteiger partial charge in [-0.3, -0.25) is 0 Å². The second-order valence-corrected chi connectivity index (χ2v) is 42.1. The molecule has 16 aliphatic rings. The Labute approximate surface area is 793 Å².